The van der Waals surface area contributed by atoms with E-state index in [1.165, 1.54) is 0 Å². The van der Waals surface area contributed by atoms with Crippen molar-refractivity contribution in [3.63, 3.8) is 0 Å². The van der Waals surface area contributed by atoms with Gasteiger partial charge in [-0.3, -0.25) is 0 Å². The van der Waals surface area contributed by atoms with Crippen molar-refractivity contribution in [2.24, 2.45) is 0 Å². The highest BCUT2D eigenvalue weighted by Gasteiger charge is 2.23. The van der Waals surface area contributed by atoms with Crippen LogP contribution in [0.15, 0.2) is 48.5 Å². The Kier molecular flexibility index (Phi) is 13.8. The molecule has 280 valence electrons. The van der Waals surface area contributed by atoms with Crippen molar-refractivity contribution in [2.45, 2.75) is 81.1 Å². The molecule has 0 saturated carbocycles. The zero-order valence-electron chi connectivity index (χ0n) is 32.4. The van der Waals surface area contributed by atoms with E-state index in [-0.39, 0.29) is 0 Å². The highest BCUT2D eigenvalue weighted by atomic mass is 16.5. The van der Waals surface area contributed by atoms with E-state index in [0.29, 0.717) is 78.5 Å². The third-order valence-corrected chi connectivity index (χ3v) is 8.90. The molecule has 0 fully saturated rings. The predicted octanol–water partition coefficient (Wildman–Crippen LogP) is 9.55. The summed E-state index contributed by atoms with van der Waals surface area (Å²) in [5, 5.41) is 0. The quantitative estimate of drug-likeness (QED) is 0.100. The van der Waals surface area contributed by atoms with Crippen LogP contribution in [0.4, 0.5) is 0 Å². The van der Waals surface area contributed by atoms with Gasteiger partial charge in [0, 0.05) is 49.9 Å². The summed E-state index contributed by atoms with van der Waals surface area (Å²) in [4.78, 5) is 0. The van der Waals surface area contributed by atoms with Gasteiger partial charge >= 0.3 is 0 Å². The maximum atomic E-state index is 6.28. The van der Waals surface area contributed by atoms with Crippen LogP contribution < -0.4 is 37.9 Å². The average molecular weight is 713 g/mol. The highest BCUT2D eigenvalue weighted by molar-refractivity contribution is 5.59. The lowest BCUT2D eigenvalue weighted by molar-refractivity contribution is 0.315. The molecule has 0 atom stereocenters. The fraction of sp³-hybridized carbons (Fsp3) is 0.455. The molecule has 52 heavy (non-hydrogen) atoms. The minimum atomic E-state index is 0.530. The standard InChI is InChI=1S/C44H56O8/c1-9-45-37-25-38(46-10-2)30-17-29(37)21-31-18-32(40(48-12-4)26-39(31)47-11-3)23-35-20-36(44(52-16-8)28-43(35)51-15-7)24-34-19-33(22-30)41(49-13-5)27-42(34)50-14-6/h17-20,25-28H,9-16,21-24H2,1-8H3. The van der Waals surface area contributed by atoms with Crippen molar-refractivity contribution in [1.29, 1.82) is 0 Å². The maximum Gasteiger partial charge on any atom is 0.126 e. The van der Waals surface area contributed by atoms with Crippen molar-refractivity contribution < 1.29 is 37.9 Å². The van der Waals surface area contributed by atoms with Crippen LogP contribution in [0.1, 0.15) is 99.9 Å². The molecule has 0 N–H and O–H groups in total. The SMILES string of the molecule is CCOc1cc(OCC)c2cc1Cc1cc(c(OCC)cc1OCC)Cc1cc(c(OCC)cc1OCC)Cc1cc(c(OCC)cc1OCC)C2. The first-order valence-corrected chi connectivity index (χ1v) is 19.0. The lowest BCUT2D eigenvalue weighted by Gasteiger charge is -2.23. The molecule has 0 spiro atoms. The summed E-state index contributed by atoms with van der Waals surface area (Å²) in [5.74, 6) is 6.34. The minimum Gasteiger partial charge on any atom is -0.493 e. The first kappa shape index (κ1) is 38.5. The van der Waals surface area contributed by atoms with Gasteiger partial charge in [-0.2, -0.15) is 0 Å². The lowest BCUT2D eigenvalue weighted by Crippen LogP contribution is -2.09. The fourth-order valence-electron chi connectivity index (χ4n) is 6.87. The molecule has 0 saturated heterocycles. The number of ether oxygens (including phenoxy) is 8. The first-order valence-electron chi connectivity index (χ1n) is 19.0. The van der Waals surface area contributed by atoms with E-state index in [9.17, 15) is 0 Å². The molecule has 4 aromatic carbocycles. The van der Waals surface area contributed by atoms with Crippen LogP contribution in [-0.2, 0) is 25.7 Å². The molecular weight excluding hydrogens is 656 g/mol. The summed E-state index contributed by atoms with van der Waals surface area (Å²) in [7, 11) is 0. The molecule has 0 amide bonds. The van der Waals surface area contributed by atoms with Crippen LogP contribution in [0.3, 0.4) is 0 Å². The van der Waals surface area contributed by atoms with E-state index in [1.54, 1.807) is 0 Å². The summed E-state index contributed by atoms with van der Waals surface area (Å²) < 4.78 is 50.2. The molecule has 8 heteroatoms. The number of hydrogen-bond acceptors (Lipinski definition) is 8. The Balaban J connectivity index is 1.85. The van der Waals surface area contributed by atoms with Gasteiger partial charge in [-0.05, 0) is 124 Å². The van der Waals surface area contributed by atoms with E-state index in [2.05, 4.69) is 24.3 Å². The lowest BCUT2D eigenvalue weighted by atomic mass is 9.91. The fourth-order valence-corrected chi connectivity index (χ4v) is 6.87. The third-order valence-electron chi connectivity index (χ3n) is 8.90. The van der Waals surface area contributed by atoms with Crippen LogP contribution in [0.5, 0.6) is 46.0 Å². The molecule has 4 aromatic rings. The van der Waals surface area contributed by atoms with E-state index in [0.717, 1.165) is 90.5 Å². The smallest absolute Gasteiger partial charge is 0.126 e. The number of benzene rings is 4. The van der Waals surface area contributed by atoms with E-state index < -0.39 is 0 Å². The second-order valence-corrected chi connectivity index (χ2v) is 12.4. The molecule has 8 nitrogen and oxygen atoms in total. The molecule has 1 aliphatic rings. The Labute approximate surface area is 310 Å². The molecular formula is C44H56O8. The van der Waals surface area contributed by atoms with Crippen LogP contribution in [0.25, 0.3) is 0 Å². The predicted molar refractivity (Wildman–Crippen MR) is 206 cm³/mol. The van der Waals surface area contributed by atoms with Crippen LogP contribution in [0.2, 0.25) is 0 Å². The number of hydrogen-bond donors (Lipinski definition) is 0. The largest absolute Gasteiger partial charge is 0.493 e. The topological polar surface area (TPSA) is 73.8 Å². The van der Waals surface area contributed by atoms with E-state index >= 15 is 0 Å². The van der Waals surface area contributed by atoms with Crippen molar-refractivity contribution in [2.75, 3.05) is 52.9 Å². The Morgan fingerprint density at radius 1 is 0.250 bits per heavy atom. The summed E-state index contributed by atoms with van der Waals surface area (Å²) in [5.41, 5.74) is 8.38. The third kappa shape index (κ3) is 9.01. The van der Waals surface area contributed by atoms with E-state index in [1.807, 2.05) is 79.7 Å². The van der Waals surface area contributed by atoms with Crippen LogP contribution in [0, 0.1) is 0 Å². The molecule has 0 aliphatic heterocycles. The second kappa shape index (κ2) is 18.7. The van der Waals surface area contributed by atoms with Gasteiger partial charge in [-0.25, -0.2) is 0 Å². The number of rotatable bonds is 16. The number of fused-ring (bicyclic) bond motifs is 8. The van der Waals surface area contributed by atoms with Crippen molar-refractivity contribution in [3.8, 4) is 46.0 Å². The maximum absolute atomic E-state index is 6.28. The van der Waals surface area contributed by atoms with Gasteiger partial charge < -0.3 is 37.9 Å². The van der Waals surface area contributed by atoms with Crippen molar-refractivity contribution >= 4 is 0 Å². The Morgan fingerprint density at radius 3 is 0.500 bits per heavy atom. The zero-order chi connectivity index (χ0) is 37.0. The summed E-state index contributed by atoms with van der Waals surface area (Å²) in [6.45, 7) is 20.3. The zero-order valence-corrected chi connectivity index (χ0v) is 32.4. The molecule has 0 unspecified atom stereocenters. The molecule has 8 bridgehead atoms. The molecule has 5 rings (SSSR count). The molecule has 0 radical (unpaired) electrons. The second-order valence-electron chi connectivity index (χ2n) is 12.4. The van der Waals surface area contributed by atoms with Crippen LogP contribution >= 0.6 is 0 Å². The Bertz CT molecular complexity index is 1430. The van der Waals surface area contributed by atoms with Crippen LogP contribution in [-0.4, -0.2) is 52.9 Å². The molecule has 0 heterocycles. The molecule has 0 aromatic heterocycles. The normalized spacial score (nSPS) is 12.2. The van der Waals surface area contributed by atoms with Gasteiger partial charge in [0.15, 0.2) is 0 Å². The van der Waals surface area contributed by atoms with Crippen molar-refractivity contribution in [1.82, 2.24) is 0 Å². The van der Waals surface area contributed by atoms with Gasteiger partial charge in [0.05, 0.1) is 52.9 Å². The minimum absolute atomic E-state index is 0.530. The summed E-state index contributed by atoms with van der Waals surface area (Å²) in [6.07, 6.45) is 2.35. The van der Waals surface area contributed by atoms with Gasteiger partial charge in [0.1, 0.15) is 46.0 Å². The van der Waals surface area contributed by atoms with Gasteiger partial charge in [0.25, 0.3) is 0 Å². The average Bonchev–Trinajstić information content (AvgIpc) is 3.12. The van der Waals surface area contributed by atoms with E-state index in [4.69, 9.17) is 37.9 Å². The van der Waals surface area contributed by atoms with Gasteiger partial charge in [-0.15, -0.1) is 0 Å². The summed E-state index contributed by atoms with van der Waals surface area (Å²) in [6, 6.07) is 17.1. The molecule has 1 aliphatic carbocycles. The first-order chi connectivity index (χ1) is 25.4. The van der Waals surface area contributed by atoms with Crippen molar-refractivity contribution in [3.05, 3.63) is 93.0 Å². The van der Waals surface area contributed by atoms with Gasteiger partial charge in [0.2, 0.25) is 0 Å². The monoisotopic (exact) mass is 712 g/mol. The Hall–Kier alpha value is -4.72. The summed E-state index contributed by atoms with van der Waals surface area (Å²) >= 11 is 0. The highest BCUT2D eigenvalue weighted by Crippen LogP contribution is 2.42. The van der Waals surface area contributed by atoms with Gasteiger partial charge in [-0.1, -0.05) is 0 Å². The Morgan fingerprint density at radius 2 is 0.385 bits per heavy atom.